The van der Waals surface area contributed by atoms with Crippen LogP contribution >= 0.6 is 0 Å². The first kappa shape index (κ1) is 17.2. The zero-order valence-corrected chi connectivity index (χ0v) is 13.2. The number of aromatic nitrogens is 2. The second-order valence-electron chi connectivity index (χ2n) is 5.70. The van der Waals surface area contributed by atoms with E-state index in [1.54, 1.807) is 0 Å². The van der Waals surface area contributed by atoms with E-state index in [-0.39, 0.29) is 11.7 Å². The lowest BCUT2D eigenvalue weighted by atomic mass is 10.0. The second-order valence-corrected chi connectivity index (χ2v) is 5.70. The Morgan fingerprint density at radius 3 is 2.52 bits per heavy atom. The minimum Gasteiger partial charge on any atom is -0.473 e. The summed E-state index contributed by atoms with van der Waals surface area (Å²) in [5.41, 5.74) is -1.22. The topological polar surface area (TPSA) is 55.3 Å². The van der Waals surface area contributed by atoms with E-state index < -0.39 is 17.6 Å². The van der Waals surface area contributed by atoms with Crippen molar-refractivity contribution in [2.45, 2.75) is 25.1 Å². The summed E-state index contributed by atoms with van der Waals surface area (Å²) in [5.74, 6) is -0.208. The average Bonchev–Trinajstić information content (AvgIpc) is 2.62. The Labute approximate surface area is 142 Å². The Morgan fingerprint density at radius 1 is 1.16 bits per heavy atom. The molecule has 2 aromatic rings. The molecule has 0 spiro atoms. The predicted molar refractivity (Wildman–Crippen MR) is 83.0 cm³/mol. The number of amides is 1. The summed E-state index contributed by atoms with van der Waals surface area (Å²) in [6.45, 7) is 0.659. The largest absolute Gasteiger partial charge is 0.473 e. The van der Waals surface area contributed by atoms with E-state index in [1.807, 2.05) is 0 Å². The molecule has 1 aliphatic heterocycles. The third-order valence-electron chi connectivity index (χ3n) is 4.02. The van der Waals surface area contributed by atoms with Crippen LogP contribution in [0.4, 0.5) is 13.2 Å². The summed E-state index contributed by atoms with van der Waals surface area (Å²) in [4.78, 5) is 21.9. The molecule has 2 heterocycles. The molecule has 0 bridgehead atoms. The maximum atomic E-state index is 13.1. The Hall–Kier alpha value is -2.64. The predicted octanol–water partition coefficient (Wildman–Crippen LogP) is 3.18. The lowest BCUT2D eigenvalue weighted by Crippen LogP contribution is -2.42. The molecule has 5 nitrogen and oxygen atoms in total. The summed E-state index contributed by atoms with van der Waals surface area (Å²) >= 11 is 0. The number of likely N-dealkylation sites (tertiary alicyclic amines) is 1. The third kappa shape index (κ3) is 4.07. The van der Waals surface area contributed by atoms with Crippen LogP contribution in [0, 0.1) is 0 Å². The Bertz CT molecular complexity index is 729. The van der Waals surface area contributed by atoms with Crippen LogP contribution in [0.25, 0.3) is 0 Å². The molecule has 132 valence electrons. The highest BCUT2D eigenvalue weighted by Gasteiger charge is 2.36. The zero-order valence-electron chi connectivity index (χ0n) is 13.2. The number of hydrogen-bond donors (Lipinski definition) is 0. The standard InChI is InChI=1S/C17H16F3N3O2/c18-17(19,20)14-4-2-1-3-13(14)16(24)23-9-5-12(6-10-23)25-15-11-21-7-8-22-15/h1-4,7-8,11-12H,5-6,9-10H2. The van der Waals surface area contributed by atoms with Gasteiger partial charge in [-0.3, -0.25) is 9.78 Å². The van der Waals surface area contributed by atoms with Gasteiger partial charge in [-0.2, -0.15) is 13.2 Å². The van der Waals surface area contributed by atoms with Crippen LogP contribution in [0.3, 0.4) is 0 Å². The van der Waals surface area contributed by atoms with E-state index in [1.165, 1.54) is 41.7 Å². The second kappa shape index (κ2) is 7.08. The molecule has 0 aliphatic carbocycles. The van der Waals surface area contributed by atoms with Crippen molar-refractivity contribution in [3.05, 3.63) is 54.0 Å². The first-order chi connectivity index (χ1) is 11.9. The normalized spacial score (nSPS) is 15.9. The summed E-state index contributed by atoms with van der Waals surface area (Å²) in [6.07, 6.45) is 0.900. The van der Waals surface area contributed by atoms with Gasteiger partial charge in [-0.1, -0.05) is 12.1 Å². The fraction of sp³-hybridized carbons (Fsp3) is 0.353. The minimum atomic E-state index is -4.56. The number of carbonyl (C=O) groups excluding carboxylic acids is 1. The number of hydrogen-bond acceptors (Lipinski definition) is 4. The highest BCUT2D eigenvalue weighted by atomic mass is 19.4. The number of benzene rings is 1. The average molecular weight is 351 g/mol. The molecule has 8 heteroatoms. The molecule has 1 aromatic carbocycles. The maximum Gasteiger partial charge on any atom is 0.417 e. The van der Waals surface area contributed by atoms with Gasteiger partial charge in [0.2, 0.25) is 5.88 Å². The van der Waals surface area contributed by atoms with Crippen molar-refractivity contribution in [3.8, 4) is 5.88 Å². The van der Waals surface area contributed by atoms with Crippen LogP contribution in [0.1, 0.15) is 28.8 Å². The van der Waals surface area contributed by atoms with Gasteiger partial charge < -0.3 is 9.64 Å². The fourth-order valence-corrected chi connectivity index (χ4v) is 2.78. The van der Waals surface area contributed by atoms with Gasteiger partial charge in [0.05, 0.1) is 17.3 Å². The van der Waals surface area contributed by atoms with Gasteiger partial charge in [-0.05, 0) is 12.1 Å². The molecule has 25 heavy (non-hydrogen) atoms. The third-order valence-corrected chi connectivity index (χ3v) is 4.02. The van der Waals surface area contributed by atoms with Crippen molar-refractivity contribution in [1.29, 1.82) is 0 Å². The molecule has 0 N–H and O–H groups in total. The van der Waals surface area contributed by atoms with Crippen molar-refractivity contribution in [1.82, 2.24) is 14.9 Å². The first-order valence-electron chi connectivity index (χ1n) is 7.83. The Kier molecular flexibility index (Phi) is 4.87. The Morgan fingerprint density at radius 2 is 1.88 bits per heavy atom. The SMILES string of the molecule is O=C(c1ccccc1C(F)(F)F)N1CCC(Oc2cnccn2)CC1. The number of nitrogens with zero attached hydrogens (tertiary/aromatic N) is 3. The maximum absolute atomic E-state index is 13.1. The molecule has 0 atom stereocenters. The van der Waals surface area contributed by atoms with Gasteiger partial charge in [0.25, 0.3) is 5.91 Å². The van der Waals surface area contributed by atoms with E-state index in [4.69, 9.17) is 4.74 Å². The Balaban J connectivity index is 1.65. The number of ether oxygens (including phenoxy) is 1. The van der Waals surface area contributed by atoms with Gasteiger partial charge in [0, 0.05) is 38.3 Å². The molecule has 0 saturated carbocycles. The van der Waals surface area contributed by atoms with Crippen molar-refractivity contribution in [2.24, 2.45) is 0 Å². The number of carbonyl (C=O) groups is 1. The molecular formula is C17H16F3N3O2. The molecule has 1 amide bonds. The zero-order chi connectivity index (χ0) is 17.9. The molecule has 1 aromatic heterocycles. The quantitative estimate of drug-likeness (QED) is 0.852. The van der Waals surface area contributed by atoms with Gasteiger partial charge in [0.1, 0.15) is 6.10 Å². The van der Waals surface area contributed by atoms with Crippen LogP contribution in [-0.4, -0.2) is 40.0 Å². The lowest BCUT2D eigenvalue weighted by molar-refractivity contribution is -0.138. The van der Waals surface area contributed by atoms with Crippen molar-refractivity contribution >= 4 is 5.91 Å². The molecule has 0 unspecified atom stereocenters. The molecule has 1 saturated heterocycles. The number of rotatable bonds is 3. The van der Waals surface area contributed by atoms with E-state index >= 15 is 0 Å². The number of alkyl halides is 3. The molecule has 0 radical (unpaired) electrons. The van der Waals surface area contributed by atoms with Crippen LogP contribution in [-0.2, 0) is 6.18 Å². The summed E-state index contributed by atoms with van der Waals surface area (Å²) in [6, 6.07) is 4.86. The van der Waals surface area contributed by atoms with Gasteiger partial charge >= 0.3 is 6.18 Å². The van der Waals surface area contributed by atoms with E-state index in [2.05, 4.69) is 9.97 Å². The number of piperidine rings is 1. The van der Waals surface area contributed by atoms with Crippen LogP contribution in [0.15, 0.2) is 42.9 Å². The minimum absolute atomic E-state index is 0.140. The monoisotopic (exact) mass is 351 g/mol. The first-order valence-corrected chi connectivity index (χ1v) is 7.83. The molecule has 3 rings (SSSR count). The summed E-state index contributed by atoms with van der Waals surface area (Å²) < 4.78 is 44.9. The van der Waals surface area contributed by atoms with Gasteiger partial charge in [0.15, 0.2) is 0 Å². The van der Waals surface area contributed by atoms with Crippen LogP contribution in [0.5, 0.6) is 5.88 Å². The van der Waals surface area contributed by atoms with E-state index in [0.29, 0.717) is 31.8 Å². The number of halogens is 3. The van der Waals surface area contributed by atoms with Gasteiger partial charge in [-0.25, -0.2) is 4.98 Å². The van der Waals surface area contributed by atoms with Crippen molar-refractivity contribution in [3.63, 3.8) is 0 Å². The molecular weight excluding hydrogens is 335 g/mol. The van der Waals surface area contributed by atoms with Crippen molar-refractivity contribution < 1.29 is 22.7 Å². The summed E-state index contributed by atoms with van der Waals surface area (Å²) in [5, 5.41) is 0. The fourth-order valence-electron chi connectivity index (χ4n) is 2.78. The van der Waals surface area contributed by atoms with Crippen LogP contribution in [0.2, 0.25) is 0 Å². The molecule has 1 aliphatic rings. The highest BCUT2D eigenvalue weighted by Crippen LogP contribution is 2.32. The van der Waals surface area contributed by atoms with E-state index in [9.17, 15) is 18.0 Å². The van der Waals surface area contributed by atoms with Crippen molar-refractivity contribution in [2.75, 3.05) is 13.1 Å². The van der Waals surface area contributed by atoms with Gasteiger partial charge in [-0.15, -0.1) is 0 Å². The van der Waals surface area contributed by atoms with Crippen LogP contribution < -0.4 is 4.74 Å². The van der Waals surface area contributed by atoms with E-state index in [0.717, 1.165) is 6.07 Å². The highest BCUT2D eigenvalue weighted by molar-refractivity contribution is 5.96. The smallest absolute Gasteiger partial charge is 0.417 e. The lowest BCUT2D eigenvalue weighted by Gasteiger charge is -2.32. The summed E-state index contributed by atoms with van der Waals surface area (Å²) in [7, 11) is 0. The molecule has 1 fully saturated rings.